The van der Waals surface area contributed by atoms with Crippen LogP contribution in [-0.2, 0) is 17.8 Å². The van der Waals surface area contributed by atoms with Gasteiger partial charge in [0.25, 0.3) is 5.91 Å². The molecule has 0 spiro atoms. The number of nitrogens with one attached hydrogen (secondary N) is 1. The van der Waals surface area contributed by atoms with Crippen molar-refractivity contribution in [3.8, 4) is 5.75 Å². The molecule has 1 aliphatic rings. The van der Waals surface area contributed by atoms with Gasteiger partial charge in [-0.1, -0.05) is 12.1 Å². The Kier molecular flexibility index (Phi) is 6.01. The number of hydrogen-bond acceptors (Lipinski definition) is 4. The summed E-state index contributed by atoms with van der Waals surface area (Å²) in [5, 5.41) is 2.78. The number of amides is 3. The van der Waals surface area contributed by atoms with Crippen LogP contribution in [0, 0.1) is 13.8 Å². The van der Waals surface area contributed by atoms with Gasteiger partial charge >= 0.3 is 6.03 Å². The van der Waals surface area contributed by atoms with Crippen molar-refractivity contribution in [2.75, 3.05) is 13.7 Å². The number of methoxy groups -OCH3 is 1. The van der Waals surface area contributed by atoms with Crippen molar-refractivity contribution in [2.24, 2.45) is 0 Å². The van der Waals surface area contributed by atoms with Crippen molar-refractivity contribution in [1.82, 2.24) is 14.8 Å². The van der Waals surface area contributed by atoms with Gasteiger partial charge < -0.3 is 14.6 Å². The summed E-state index contributed by atoms with van der Waals surface area (Å²) in [6, 6.07) is 8.91. The topological polar surface area (TPSA) is 80.6 Å². The van der Waals surface area contributed by atoms with Crippen molar-refractivity contribution >= 4 is 17.7 Å². The van der Waals surface area contributed by atoms with Crippen molar-refractivity contribution in [2.45, 2.75) is 52.6 Å². The highest BCUT2D eigenvalue weighted by Crippen LogP contribution is 2.25. The average Bonchev–Trinajstić information content (AvgIpc) is 3.13. The standard InChI is InChI=1S/C23H29N3O4/c1-6-25-15(2)13-19(16(25)3)20(27)14-26-21(28)23(4,24-22(26)29)12-11-17-7-9-18(30-5)10-8-17/h7-10,13H,6,11-12,14H2,1-5H3,(H,24,29)/t23-/m1/s1. The van der Waals surface area contributed by atoms with E-state index in [9.17, 15) is 14.4 Å². The fourth-order valence-corrected chi connectivity index (χ4v) is 4.05. The third-order valence-electron chi connectivity index (χ3n) is 5.91. The Morgan fingerprint density at radius 3 is 2.40 bits per heavy atom. The molecular formula is C23H29N3O4. The van der Waals surface area contributed by atoms with E-state index in [1.807, 2.05) is 55.7 Å². The van der Waals surface area contributed by atoms with Crippen molar-refractivity contribution < 1.29 is 19.1 Å². The van der Waals surface area contributed by atoms with Crippen molar-refractivity contribution in [3.63, 3.8) is 0 Å². The highest BCUT2D eigenvalue weighted by Gasteiger charge is 2.47. The molecule has 0 saturated carbocycles. The average molecular weight is 412 g/mol. The molecule has 1 saturated heterocycles. The summed E-state index contributed by atoms with van der Waals surface area (Å²) in [6.45, 7) is 8.06. The van der Waals surface area contributed by atoms with Crippen LogP contribution in [0.25, 0.3) is 0 Å². The van der Waals surface area contributed by atoms with Crippen molar-refractivity contribution in [3.05, 3.63) is 52.8 Å². The molecule has 0 aliphatic carbocycles. The maximum absolute atomic E-state index is 13.0. The summed E-state index contributed by atoms with van der Waals surface area (Å²) in [5.74, 6) is 0.173. The predicted octanol–water partition coefficient (Wildman–Crippen LogP) is 3.26. The summed E-state index contributed by atoms with van der Waals surface area (Å²) in [7, 11) is 1.61. The van der Waals surface area contributed by atoms with E-state index in [1.165, 1.54) is 0 Å². The number of rotatable bonds is 8. The Morgan fingerprint density at radius 1 is 1.17 bits per heavy atom. The van der Waals surface area contributed by atoms with E-state index in [0.29, 0.717) is 18.4 Å². The molecule has 7 nitrogen and oxygen atoms in total. The normalized spacial score (nSPS) is 18.6. The lowest BCUT2D eigenvalue weighted by atomic mass is 9.93. The zero-order valence-electron chi connectivity index (χ0n) is 18.2. The van der Waals surface area contributed by atoms with Gasteiger partial charge in [-0.2, -0.15) is 0 Å². The van der Waals surface area contributed by atoms with Gasteiger partial charge in [-0.25, -0.2) is 4.79 Å². The minimum Gasteiger partial charge on any atom is -0.497 e. The molecule has 1 aliphatic heterocycles. The van der Waals surface area contributed by atoms with E-state index in [-0.39, 0.29) is 18.2 Å². The number of ether oxygens (including phenoxy) is 1. The van der Waals surface area contributed by atoms with E-state index < -0.39 is 11.6 Å². The van der Waals surface area contributed by atoms with Crippen LogP contribution in [0.5, 0.6) is 5.75 Å². The highest BCUT2D eigenvalue weighted by atomic mass is 16.5. The first kappa shape index (κ1) is 21.6. The third kappa shape index (κ3) is 3.97. The molecule has 1 aromatic carbocycles. The maximum Gasteiger partial charge on any atom is 0.325 e. The summed E-state index contributed by atoms with van der Waals surface area (Å²) in [6.07, 6.45) is 1.06. The smallest absolute Gasteiger partial charge is 0.325 e. The summed E-state index contributed by atoms with van der Waals surface area (Å²) in [4.78, 5) is 39.4. The number of aryl methyl sites for hydroxylation is 2. The Balaban J connectivity index is 1.69. The molecule has 30 heavy (non-hydrogen) atoms. The number of ketones is 1. The minimum atomic E-state index is -1.03. The molecule has 7 heteroatoms. The lowest BCUT2D eigenvalue weighted by Crippen LogP contribution is -2.44. The van der Waals surface area contributed by atoms with Gasteiger partial charge in [-0.15, -0.1) is 0 Å². The van der Waals surface area contributed by atoms with E-state index in [1.54, 1.807) is 14.0 Å². The molecule has 1 fully saturated rings. The maximum atomic E-state index is 13.0. The van der Waals surface area contributed by atoms with Crippen LogP contribution in [-0.4, -0.2) is 46.4 Å². The molecule has 3 amide bonds. The van der Waals surface area contributed by atoms with E-state index in [0.717, 1.165) is 34.1 Å². The van der Waals surface area contributed by atoms with Gasteiger partial charge in [0.2, 0.25) is 0 Å². The lowest BCUT2D eigenvalue weighted by Gasteiger charge is -2.21. The second-order valence-corrected chi connectivity index (χ2v) is 7.95. The van der Waals surface area contributed by atoms with Crippen LogP contribution in [0.3, 0.4) is 0 Å². The predicted molar refractivity (Wildman–Crippen MR) is 114 cm³/mol. The summed E-state index contributed by atoms with van der Waals surface area (Å²) >= 11 is 0. The van der Waals surface area contributed by atoms with Gasteiger partial charge in [0.15, 0.2) is 5.78 Å². The molecule has 1 N–H and O–H groups in total. The van der Waals surface area contributed by atoms with Crippen LogP contribution in [0.15, 0.2) is 30.3 Å². The first-order valence-electron chi connectivity index (χ1n) is 10.2. The van der Waals surface area contributed by atoms with Crippen molar-refractivity contribution in [1.29, 1.82) is 0 Å². The fraction of sp³-hybridized carbons (Fsp3) is 0.435. The molecule has 0 radical (unpaired) electrons. The quantitative estimate of drug-likeness (QED) is 0.534. The summed E-state index contributed by atoms with van der Waals surface area (Å²) < 4.78 is 7.20. The second-order valence-electron chi connectivity index (χ2n) is 7.95. The number of hydrogen-bond donors (Lipinski definition) is 1. The van der Waals surface area contributed by atoms with Crippen LogP contribution in [0.2, 0.25) is 0 Å². The number of imide groups is 1. The third-order valence-corrected chi connectivity index (χ3v) is 5.91. The molecule has 2 aromatic rings. The van der Waals surface area contributed by atoms with E-state index >= 15 is 0 Å². The van der Waals surface area contributed by atoms with Gasteiger partial charge in [0.05, 0.1) is 13.7 Å². The van der Waals surface area contributed by atoms with E-state index in [2.05, 4.69) is 5.32 Å². The van der Waals surface area contributed by atoms with Gasteiger partial charge in [-0.05, 0) is 64.3 Å². The molecule has 160 valence electrons. The highest BCUT2D eigenvalue weighted by molar-refractivity contribution is 6.11. The molecule has 0 unspecified atom stereocenters. The van der Waals surface area contributed by atoms with Crippen LogP contribution >= 0.6 is 0 Å². The first-order valence-corrected chi connectivity index (χ1v) is 10.2. The van der Waals surface area contributed by atoms with Crippen LogP contribution < -0.4 is 10.1 Å². The Morgan fingerprint density at radius 2 is 1.83 bits per heavy atom. The minimum absolute atomic E-state index is 0.231. The van der Waals surface area contributed by atoms with Gasteiger partial charge in [-0.3, -0.25) is 14.5 Å². The Hall–Kier alpha value is -3.09. The number of aromatic nitrogens is 1. The molecule has 1 atom stereocenters. The SMILES string of the molecule is CCn1c(C)cc(C(=O)CN2C(=O)N[C@](C)(CCc3ccc(OC)cc3)C2=O)c1C. The Bertz CT molecular complexity index is 977. The number of carbonyl (C=O) groups excluding carboxylic acids is 3. The molecule has 3 rings (SSSR count). The number of urea groups is 1. The largest absolute Gasteiger partial charge is 0.497 e. The number of Topliss-reactive ketones (excluding diaryl/α,β-unsaturated/α-hetero) is 1. The summed E-state index contributed by atoms with van der Waals surface area (Å²) in [5.41, 5.74) is 2.41. The first-order chi connectivity index (χ1) is 14.2. The lowest BCUT2D eigenvalue weighted by molar-refractivity contribution is -0.130. The molecule has 0 bridgehead atoms. The van der Waals surface area contributed by atoms with Gasteiger partial charge in [0, 0.05) is 23.5 Å². The number of nitrogens with zero attached hydrogens (tertiary/aromatic N) is 2. The Labute approximate surface area is 177 Å². The monoisotopic (exact) mass is 411 g/mol. The number of benzene rings is 1. The number of carbonyl (C=O) groups is 3. The molecule has 2 heterocycles. The van der Waals surface area contributed by atoms with E-state index in [4.69, 9.17) is 4.74 Å². The van der Waals surface area contributed by atoms with Crippen LogP contribution in [0.1, 0.15) is 47.6 Å². The van der Waals surface area contributed by atoms with Gasteiger partial charge in [0.1, 0.15) is 11.3 Å². The van der Waals surface area contributed by atoms with Crippen LogP contribution in [0.4, 0.5) is 4.79 Å². The fourth-order valence-electron chi connectivity index (χ4n) is 4.05. The second kappa shape index (κ2) is 8.34. The molecule has 1 aromatic heterocycles. The molecular weight excluding hydrogens is 382 g/mol. The zero-order chi connectivity index (χ0) is 22.1. The zero-order valence-corrected chi connectivity index (χ0v) is 18.2.